The molecular formula is C15H17N3S3. The van der Waals surface area contributed by atoms with E-state index in [1.54, 1.807) is 34.9 Å². The van der Waals surface area contributed by atoms with Gasteiger partial charge in [-0.05, 0) is 42.2 Å². The molecule has 0 spiro atoms. The lowest BCUT2D eigenvalue weighted by molar-refractivity contribution is 1.11. The van der Waals surface area contributed by atoms with Crippen molar-refractivity contribution in [3.8, 4) is 0 Å². The van der Waals surface area contributed by atoms with Crippen LogP contribution in [0.25, 0.3) is 5.57 Å². The molecule has 0 radical (unpaired) electrons. The van der Waals surface area contributed by atoms with Gasteiger partial charge in [0.05, 0.1) is 4.21 Å². The molecule has 2 rings (SSSR count). The van der Waals surface area contributed by atoms with Crippen molar-refractivity contribution in [3.05, 3.63) is 47.0 Å². The van der Waals surface area contributed by atoms with Crippen LogP contribution in [0.15, 0.2) is 50.5 Å². The lowest BCUT2D eigenvalue weighted by atomic mass is 10.1. The van der Waals surface area contributed by atoms with Crippen molar-refractivity contribution in [1.82, 2.24) is 0 Å². The van der Waals surface area contributed by atoms with Crippen molar-refractivity contribution >= 4 is 46.6 Å². The first-order valence-electron chi connectivity index (χ1n) is 6.29. The van der Waals surface area contributed by atoms with Crippen LogP contribution in [-0.2, 0) is 6.54 Å². The standard InChI is InChI=1S/C15H17N3S3/c1-19-14-4-2-11(6-13(14)10(7-16)8-17)20-15-5-3-12(9-18)21-15/h2-8,16H,9,17-18H2,1H3/b10-8+,16-7?. The van der Waals surface area contributed by atoms with Gasteiger partial charge in [-0.1, -0.05) is 11.8 Å². The summed E-state index contributed by atoms with van der Waals surface area (Å²) in [7, 11) is 0. The van der Waals surface area contributed by atoms with Crippen molar-refractivity contribution < 1.29 is 0 Å². The predicted octanol–water partition coefficient (Wildman–Crippen LogP) is 4.03. The fraction of sp³-hybridized carbons (Fsp3) is 0.133. The molecule has 0 aliphatic carbocycles. The zero-order chi connectivity index (χ0) is 15.2. The summed E-state index contributed by atoms with van der Waals surface area (Å²) in [6, 6.07) is 10.4. The van der Waals surface area contributed by atoms with Crippen molar-refractivity contribution in [3.63, 3.8) is 0 Å². The molecule has 0 saturated heterocycles. The second kappa shape index (κ2) is 7.70. The minimum Gasteiger partial charge on any atom is -0.404 e. The normalized spacial score (nSPS) is 11.6. The Morgan fingerprint density at radius 3 is 2.71 bits per heavy atom. The van der Waals surface area contributed by atoms with Gasteiger partial charge < -0.3 is 16.9 Å². The molecule has 0 amide bonds. The molecule has 0 aliphatic heterocycles. The number of rotatable bonds is 6. The van der Waals surface area contributed by atoms with E-state index in [4.69, 9.17) is 16.9 Å². The van der Waals surface area contributed by atoms with E-state index in [0.717, 1.165) is 20.9 Å². The lowest BCUT2D eigenvalue weighted by Gasteiger charge is -2.09. The molecule has 0 bridgehead atoms. The maximum Gasteiger partial charge on any atom is 0.0649 e. The summed E-state index contributed by atoms with van der Waals surface area (Å²) in [5.74, 6) is 0. The molecule has 1 heterocycles. The molecule has 0 aliphatic rings. The first kappa shape index (κ1) is 16.2. The number of allylic oxidation sites excluding steroid dienone is 1. The fourth-order valence-corrected chi connectivity index (χ4v) is 4.50. The van der Waals surface area contributed by atoms with E-state index in [-0.39, 0.29) is 0 Å². The minimum atomic E-state index is 0.579. The smallest absolute Gasteiger partial charge is 0.0649 e. The van der Waals surface area contributed by atoms with Crippen LogP contribution < -0.4 is 11.5 Å². The van der Waals surface area contributed by atoms with Crippen LogP contribution in [0.3, 0.4) is 0 Å². The van der Waals surface area contributed by atoms with E-state index in [1.807, 2.05) is 6.26 Å². The molecule has 0 saturated carbocycles. The summed E-state index contributed by atoms with van der Waals surface area (Å²) < 4.78 is 1.21. The van der Waals surface area contributed by atoms with Gasteiger partial charge in [0, 0.05) is 39.2 Å². The Bertz CT molecular complexity index is 662. The number of thiophene rings is 1. The molecular weight excluding hydrogens is 318 g/mol. The highest BCUT2D eigenvalue weighted by atomic mass is 32.2. The monoisotopic (exact) mass is 335 g/mol. The zero-order valence-electron chi connectivity index (χ0n) is 11.6. The van der Waals surface area contributed by atoms with Crippen LogP contribution in [0.4, 0.5) is 0 Å². The summed E-state index contributed by atoms with van der Waals surface area (Å²) in [6.07, 6.45) is 4.80. The summed E-state index contributed by atoms with van der Waals surface area (Å²) >= 11 is 5.07. The highest BCUT2D eigenvalue weighted by Gasteiger charge is 2.09. The van der Waals surface area contributed by atoms with Crippen LogP contribution >= 0.6 is 34.9 Å². The third-order valence-corrected chi connectivity index (χ3v) is 5.90. The highest BCUT2D eigenvalue weighted by molar-refractivity contribution is 8.01. The second-order valence-electron chi connectivity index (χ2n) is 4.16. The van der Waals surface area contributed by atoms with Crippen LogP contribution in [-0.4, -0.2) is 12.5 Å². The molecule has 0 fully saturated rings. The zero-order valence-corrected chi connectivity index (χ0v) is 14.1. The van der Waals surface area contributed by atoms with Gasteiger partial charge in [-0.2, -0.15) is 0 Å². The SMILES string of the molecule is CSc1ccc(Sc2ccc(CN)s2)cc1/C(C=N)=C/N. The molecule has 5 N–H and O–H groups in total. The molecule has 1 aromatic heterocycles. The number of hydrogen-bond donors (Lipinski definition) is 3. The number of nitrogens with one attached hydrogen (secondary N) is 1. The Morgan fingerprint density at radius 1 is 1.33 bits per heavy atom. The third-order valence-electron chi connectivity index (χ3n) is 2.87. The van der Waals surface area contributed by atoms with Gasteiger partial charge in [0.2, 0.25) is 0 Å². The van der Waals surface area contributed by atoms with Crippen molar-refractivity contribution in [1.29, 1.82) is 5.41 Å². The summed E-state index contributed by atoms with van der Waals surface area (Å²) in [5, 5.41) is 7.49. The van der Waals surface area contributed by atoms with Crippen LogP contribution in [0, 0.1) is 5.41 Å². The first-order valence-corrected chi connectivity index (χ1v) is 9.15. The molecule has 0 unspecified atom stereocenters. The average Bonchev–Trinajstić information content (AvgIpc) is 2.96. The van der Waals surface area contributed by atoms with Gasteiger partial charge in [0.15, 0.2) is 0 Å². The van der Waals surface area contributed by atoms with Crippen LogP contribution in [0.5, 0.6) is 0 Å². The van der Waals surface area contributed by atoms with Gasteiger partial charge in [0.25, 0.3) is 0 Å². The first-order chi connectivity index (χ1) is 10.2. The van der Waals surface area contributed by atoms with E-state index < -0.39 is 0 Å². The van der Waals surface area contributed by atoms with Crippen molar-refractivity contribution in [2.75, 3.05) is 6.26 Å². The molecule has 2 aromatic rings. The van der Waals surface area contributed by atoms with Gasteiger partial charge in [0.1, 0.15) is 0 Å². The molecule has 6 heteroatoms. The Hall–Kier alpha value is -1.21. The largest absolute Gasteiger partial charge is 0.404 e. The van der Waals surface area contributed by atoms with Gasteiger partial charge >= 0.3 is 0 Å². The van der Waals surface area contributed by atoms with Crippen molar-refractivity contribution in [2.45, 2.75) is 20.5 Å². The molecule has 1 aromatic carbocycles. The average molecular weight is 336 g/mol. The fourth-order valence-electron chi connectivity index (χ4n) is 1.83. The second-order valence-corrected chi connectivity index (χ2v) is 7.55. The Kier molecular flexibility index (Phi) is 5.93. The Labute approximate surface area is 137 Å². The number of benzene rings is 1. The maximum atomic E-state index is 7.49. The van der Waals surface area contributed by atoms with Crippen LogP contribution in [0.1, 0.15) is 10.4 Å². The van der Waals surface area contributed by atoms with E-state index in [1.165, 1.54) is 21.5 Å². The van der Waals surface area contributed by atoms with E-state index in [0.29, 0.717) is 6.54 Å². The number of hydrogen-bond acceptors (Lipinski definition) is 6. The Balaban J connectivity index is 2.32. The van der Waals surface area contributed by atoms with Crippen molar-refractivity contribution in [2.24, 2.45) is 11.5 Å². The van der Waals surface area contributed by atoms with Crippen LogP contribution in [0.2, 0.25) is 0 Å². The predicted molar refractivity (Wildman–Crippen MR) is 95.5 cm³/mol. The maximum absolute atomic E-state index is 7.49. The minimum absolute atomic E-state index is 0.579. The topological polar surface area (TPSA) is 75.9 Å². The summed E-state index contributed by atoms with van der Waals surface area (Å²) in [4.78, 5) is 3.43. The van der Waals surface area contributed by atoms with Gasteiger partial charge in [-0.25, -0.2) is 0 Å². The van der Waals surface area contributed by atoms with Gasteiger partial charge in [-0.3, -0.25) is 0 Å². The lowest BCUT2D eigenvalue weighted by Crippen LogP contribution is -1.93. The number of thioether (sulfide) groups is 1. The van der Waals surface area contributed by atoms with E-state index >= 15 is 0 Å². The number of nitrogens with two attached hydrogens (primary N) is 2. The molecule has 0 atom stereocenters. The van der Waals surface area contributed by atoms with E-state index in [2.05, 4.69) is 30.3 Å². The Morgan fingerprint density at radius 2 is 2.14 bits per heavy atom. The summed E-state index contributed by atoms with van der Waals surface area (Å²) in [5.41, 5.74) is 13.0. The van der Waals surface area contributed by atoms with E-state index in [9.17, 15) is 0 Å². The van der Waals surface area contributed by atoms with Gasteiger partial charge in [-0.15, -0.1) is 23.1 Å². The third kappa shape index (κ3) is 3.91. The molecule has 110 valence electrons. The summed E-state index contributed by atoms with van der Waals surface area (Å²) in [6.45, 7) is 0.579. The molecule has 3 nitrogen and oxygen atoms in total. The highest BCUT2D eigenvalue weighted by Crippen LogP contribution is 2.36. The quantitative estimate of drug-likeness (QED) is 0.550. The molecule has 21 heavy (non-hydrogen) atoms.